The summed E-state index contributed by atoms with van der Waals surface area (Å²) in [7, 11) is 0. The summed E-state index contributed by atoms with van der Waals surface area (Å²) in [4.78, 5) is 29.1. The molecule has 0 aliphatic heterocycles. The molecule has 8 heteroatoms. The van der Waals surface area contributed by atoms with Crippen LogP contribution in [-0.4, -0.2) is 41.9 Å². The van der Waals surface area contributed by atoms with Crippen LogP contribution < -0.4 is 0 Å². The molecule has 1 aliphatic rings. The third-order valence-electron chi connectivity index (χ3n) is 6.46. The van der Waals surface area contributed by atoms with E-state index in [1.807, 2.05) is 64.1 Å². The van der Waals surface area contributed by atoms with Gasteiger partial charge in [0.1, 0.15) is 11.6 Å². The Hall–Kier alpha value is -4.20. The predicted molar refractivity (Wildman–Crippen MR) is 182 cm³/mol. The van der Waals surface area contributed by atoms with Crippen LogP contribution in [0, 0.1) is 13.8 Å². The summed E-state index contributed by atoms with van der Waals surface area (Å²) in [6.07, 6.45) is 10.3. The van der Waals surface area contributed by atoms with Crippen LogP contribution in [0.15, 0.2) is 73.1 Å². The van der Waals surface area contributed by atoms with E-state index < -0.39 is 0 Å². The summed E-state index contributed by atoms with van der Waals surface area (Å²) in [5, 5.41) is 17.1. The number of carbonyl (C=O) groups is 2. The van der Waals surface area contributed by atoms with Gasteiger partial charge >= 0.3 is 0 Å². The number of pyridine rings is 2. The Balaban J connectivity index is 0.000000343. The molecule has 1 fully saturated rings. The van der Waals surface area contributed by atoms with Crippen LogP contribution in [0.1, 0.15) is 120 Å². The standard InChI is InChI=1S/C16H20N4.2C8H9NO.C3H8.C2H6/c1-11-6-8-15(19-17-11)13-4-3-5-14(10-13)16-9-7-12(2)18-20-16;2*1-7(10)6-8-4-2-3-5-9-8;1-3-2;1-2/h6-9,13-14H,3-5,10H2,1-2H3;2*2-5H,6H2,1H3;3H2,1-2H3;1-2H3/t13-,14-;;;;/m0..../s1. The number of ketones is 2. The Bertz CT molecular complexity index is 1230. The molecule has 1 saturated carbocycles. The van der Waals surface area contributed by atoms with Crippen LogP contribution in [0.2, 0.25) is 0 Å². The monoisotopic (exact) mass is 612 g/mol. The van der Waals surface area contributed by atoms with Crippen LogP contribution in [0.25, 0.3) is 0 Å². The number of nitrogens with zero attached hydrogens (tertiary/aromatic N) is 6. The Labute approximate surface area is 270 Å². The van der Waals surface area contributed by atoms with Crippen LogP contribution in [0.4, 0.5) is 0 Å². The van der Waals surface area contributed by atoms with Crippen molar-refractivity contribution >= 4 is 11.6 Å². The average molecular weight is 613 g/mol. The third kappa shape index (κ3) is 17.0. The molecule has 242 valence electrons. The zero-order valence-corrected chi connectivity index (χ0v) is 28.5. The van der Waals surface area contributed by atoms with Crippen molar-refractivity contribution in [1.29, 1.82) is 0 Å². The van der Waals surface area contributed by atoms with Gasteiger partial charge in [-0.1, -0.05) is 52.7 Å². The van der Waals surface area contributed by atoms with Crippen LogP contribution in [0.3, 0.4) is 0 Å². The second kappa shape index (κ2) is 23.2. The molecule has 0 amide bonds. The summed E-state index contributed by atoms with van der Waals surface area (Å²) < 4.78 is 0. The Morgan fingerprint density at radius 1 is 0.644 bits per heavy atom. The lowest BCUT2D eigenvalue weighted by molar-refractivity contribution is -0.117. The number of Topliss-reactive ketones (excluding diaryl/α,β-unsaturated/α-hetero) is 2. The predicted octanol–water partition coefficient (Wildman–Crippen LogP) is 8.19. The summed E-state index contributed by atoms with van der Waals surface area (Å²) >= 11 is 0. The van der Waals surface area contributed by atoms with E-state index in [2.05, 4.69) is 68.5 Å². The quantitative estimate of drug-likeness (QED) is 0.214. The van der Waals surface area contributed by atoms with Crippen molar-refractivity contribution in [2.75, 3.05) is 0 Å². The van der Waals surface area contributed by atoms with Gasteiger partial charge in [0.25, 0.3) is 0 Å². The molecule has 5 rings (SSSR count). The molecule has 4 heterocycles. The summed E-state index contributed by atoms with van der Waals surface area (Å²) in [6.45, 7) is 15.3. The Morgan fingerprint density at radius 2 is 1.04 bits per heavy atom. The number of aromatic nitrogens is 6. The molecule has 8 nitrogen and oxygen atoms in total. The molecule has 0 unspecified atom stereocenters. The molecule has 0 radical (unpaired) electrons. The van der Waals surface area contributed by atoms with Crippen LogP contribution in [-0.2, 0) is 22.4 Å². The third-order valence-corrected chi connectivity index (χ3v) is 6.46. The van der Waals surface area contributed by atoms with E-state index in [1.165, 1.54) is 25.7 Å². The first-order chi connectivity index (χ1) is 21.7. The fourth-order valence-corrected chi connectivity index (χ4v) is 4.50. The minimum Gasteiger partial charge on any atom is -0.300 e. The maximum atomic E-state index is 10.6. The average Bonchev–Trinajstić information content (AvgIpc) is 3.04. The molecule has 4 aromatic rings. The van der Waals surface area contributed by atoms with E-state index in [-0.39, 0.29) is 11.6 Å². The van der Waals surface area contributed by atoms with Crippen molar-refractivity contribution in [1.82, 2.24) is 30.4 Å². The van der Waals surface area contributed by atoms with Crippen LogP contribution >= 0.6 is 0 Å². The summed E-state index contributed by atoms with van der Waals surface area (Å²) in [6, 6.07) is 19.5. The van der Waals surface area contributed by atoms with Gasteiger partial charge < -0.3 is 0 Å². The van der Waals surface area contributed by atoms with Gasteiger partial charge in [0.2, 0.25) is 0 Å². The van der Waals surface area contributed by atoms with Crippen molar-refractivity contribution in [3.63, 3.8) is 0 Å². The molecule has 4 aromatic heterocycles. The van der Waals surface area contributed by atoms with E-state index in [0.717, 1.165) is 40.6 Å². The highest BCUT2D eigenvalue weighted by atomic mass is 16.1. The van der Waals surface area contributed by atoms with Gasteiger partial charge in [-0.3, -0.25) is 19.6 Å². The van der Waals surface area contributed by atoms with Crippen molar-refractivity contribution in [2.24, 2.45) is 0 Å². The highest BCUT2D eigenvalue weighted by Gasteiger charge is 2.26. The lowest BCUT2D eigenvalue weighted by atomic mass is 9.78. The fraction of sp³-hybridized carbons (Fsp3) is 0.459. The lowest BCUT2D eigenvalue weighted by Gasteiger charge is -2.28. The lowest BCUT2D eigenvalue weighted by Crippen LogP contribution is -2.15. The van der Waals surface area contributed by atoms with Gasteiger partial charge in [0, 0.05) is 48.5 Å². The molecule has 0 spiro atoms. The summed E-state index contributed by atoms with van der Waals surface area (Å²) in [5.41, 5.74) is 5.89. The second-order valence-corrected chi connectivity index (χ2v) is 10.9. The second-order valence-electron chi connectivity index (χ2n) is 10.9. The highest BCUT2D eigenvalue weighted by molar-refractivity contribution is 5.78. The molecule has 0 bridgehead atoms. The first-order valence-electron chi connectivity index (χ1n) is 16.1. The van der Waals surface area contributed by atoms with Crippen LogP contribution in [0.5, 0.6) is 0 Å². The Morgan fingerprint density at radius 3 is 1.33 bits per heavy atom. The maximum Gasteiger partial charge on any atom is 0.135 e. The molecular formula is C37H52N6O2. The van der Waals surface area contributed by atoms with Gasteiger partial charge in [-0.2, -0.15) is 20.4 Å². The van der Waals surface area contributed by atoms with E-state index >= 15 is 0 Å². The molecule has 1 aliphatic carbocycles. The number of hydrogen-bond donors (Lipinski definition) is 0. The first-order valence-corrected chi connectivity index (χ1v) is 16.1. The van der Waals surface area contributed by atoms with E-state index in [0.29, 0.717) is 24.7 Å². The Kier molecular flexibility index (Phi) is 20.0. The number of aryl methyl sites for hydroxylation is 2. The first kappa shape index (κ1) is 38.8. The normalized spacial score (nSPS) is 14.8. The summed E-state index contributed by atoms with van der Waals surface area (Å²) in [5.74, 6) is 1.31. The SMILES string of the molecule is CC.CC(=O)Cc1ccccn1.CC(=O)Cc1ccccn1.CCC.Cc1ccc([C@H]2CCC[C@H](c3ccc(C)nn3)C2)nn1. The van der Waals surface area contributed by atoms with Crippen molar-refractivity contribution in [3.05, 3.63) is 107 Å². The minimum absolute atomic E-state index is 0.152. The van der Waals surface area contributed by atoms with E-state index in [9.17, 15) is 9.59 Å². The van der Waals surface area contributed by atoms with Gasteiger partial charge in [0.15, 0.2) is 0 Å². The van der Waals surface area contributed by atoms with Crippen molar-refractivity contribution in [3.8, 4) is 0 Å². The van der Waals surface area contributed by atoms with Gasteiger partial charge in [-0.25, -0.2) is 0 Å². The van der Waals surface area contributed by atoms with Crippen molar-refractivity contribution in [2.45, 2.75) is 112 Å². The fourth-order valence-electron chi connectivity index (χ4n) is 4.50. The zero-order chi connectivity index (χ0) is 33.5. The van der Waals surface area contributed by atoms with E-state index in [4.69, 9.17) is 0 Å². The van der Waals surface area contributed by atoms with Gasteiger partial charge in [-0.15, -0.1) is 0 Å². The molecule has 0 aromatic carbocycles. The minimum atomic E-state index is 0.152. The topological polar surface area (TPSA) is 111 Å². The highest BCUT2D eigenvalue weighted by Crippen LogP contribution is 2.39. The van der Waals surface area contributed by atoms with Gasteiger partial charge in [-0.05, 0) is 95.5 Å². The van der Waals surface area contributed by atoms with E-state index in [1.54, 1.807) is 26.2 Å². The number of carbonyl (C=O) groups excluding carboxylic acids is 2. The zero-order valence-electron chi connectivity index (χ0n) is 28.5. The smallest absolute Gasteiger partial charge is 0.135 e. The number of hydrogen-bond acceptors (Lipinski definition) is 8. The maximum absolute atomic E-state index is 10.6. The largest absolute Gasteiger partial charge is 0.300 e. The van der Waals surface area contributed by atoms with Crippen molar-refractivity contribution < 1.29 is 9.59 Å². The molecule has 2 atom stereocenters. The molecule has 0 N–H and O–H groups in total. The molecule has 45 heavy (non-hydrogen) atoms. The van der Waals surface area contributed by atoms with Gasteiger partial charge in [0.05, 0.1) is 22.8 Å². The number of rotatable bonds is 6. The molecular weight excluding hydrogens is 560 g/mol. The molecule has 0 saturated heterocycles.